The van der Waals surface area contributed by atoms with Crippen molar-refractivity contribution in [3.05, 3.63) is 89.3 Å². The number of fused-ring (bicyclic) bond motifs is 1. The van der Waals surface area contributed by atoms with Crippen LogP contribution in [0.4, 0.5) is 14.5 Å². The maximum atomic E-state index is 16.0. The van der Waals surface area contributed by atoms with Crippen LogP contribution < -0.4 is 10.0 Å². The largest absolute Gasteiger partial charge is 0.326 e. The number of benzene rings is 3. The third-order valence-corrected chi connectivity index (χ3v) is 10.1. The van der Waals surface area contributed by atoms with Crippen molar-refractivity contribution in [2.45, 2.75) is 43.9 Å². The van der Waals surface area contributed by atoms with Gasteiger partial charge in [0.25, 0.3) is 0 Å². The summed E-state index contributed by atoms with van der Waals surface area (Å²) in [6.07, 6.45) is 1.34. The molecule has 1 saturated heterocycles. The first-order valence-electron chi connectivity index (χ1n) is 15.3. The molecule has 0 bridgehead atoms. The molecule has 2 aromatic heterocycles. The third-order valence-electron chi connectivity index (χ3n) is 8.40. The Hall–Kier alpha value is -5.12. The summed E-state index contributed by atoms with van der Waals surface area (Å²) in [6.45, 7) is 2.24. The Kier molecular flexibility index (Phi) is 9.48. The van der Waals surface area contributed by atoms with Crippen LogP contribution in [0.5, 0.6) is 0 Å². The Labute approximate surface area is 290 Å². The number of likely N-dealkylation sites (tertiary alicyclic amines) is 1. The third kappa shape index (κ3) is 6.71. The molecule has 16 heteroatoms. The normalized spacial score (nSPS) is 16.2. The zero-order chi connectivity index (χ0) is 35.9. The monoisotopic (exact) mass is 721 g/mol. The van der Waals surface area contributed by atoms with Crippen molar-refractivity contribution < 1.29 is 31.6 Å². The topological polar surface area (TPSA) is 156 Å². The lowest BCUT2D eigenvalue weighted by Gasteiger charge is -2.24. The van der Waals surface area contributed by atoms with Gasteiger partial charge in [0.05, 0.1) is 22.6 Å². The highest BCUT2D eigenvalue weighted by molar-refractivity contribution is 7.89. The lowest BCUT2D eigenvalue weighted by molar-refractivity contribution is -0.137. The molecule has 1 aliphatic rings. The fourth-order valence-electron chi connectivity index (χ4n) is 5.86. The van der Waals surface area contributed by atoms with Gasteiger partial charge >= 0.3 is 0 Å². The smallest absolute Gasteiger partial charge is 0.247 e. The van der Waals surface area contributed by atoms with E-state index in [-0.39, 0.29) is 38.9 Å². The molecule has 0 saturated carbocycles. The summed E-state index contributed by atoms with van der Waals surface area (Å²) in [5.41, 5.74) is 1.47. The highest BCUT2D eigenvalue weighted by Crippen LogP contribution is 2.36. The molecule has 2 amide bonds. The van der Waals surface area contributed by atoms with Gasteiger partial charge in [-0.15, -0.1) is 0 Å². The second-order valence-electron chi connectivity index (χ2n) is 11.7. The zero-order valence-corrected chi connectivity index (χ0v) is 28.5. The van der Waals surface area contributed by atoms with Crippen molar-refractivity contribution in [2.75, 3.05) is 18.9 Å². The van der Waals surface area contributed by atoms with E-state index >= 15 is 4.39 Å². The summed E-state index contributed by atoms with van der Waals surface area (Å²) >= 11 is 6.29. The summed E-state index contributed by atoms with van der Waals surface area (Å²) in [6, 6.07) is 12.0. The van der Waals surface area contributed by atoms with Crippen LogP contribution in [0.25, 0.3) is 33.2 Å². The van der Waals surface area contributed by atoms with E-state index in [1.165, 1.54) is 30.8 Å². The van der Waals surface area contributed by atoms with Gasteiger partial charge in [-0.3, -0.25) is 19.1 Å². The quantitative estimate of drug-likeness (QED) is 0.203. The van der Waals surface area contributed by atoms with Crippen molar-refractivity contribution in [1.29, 1.82) is 0 Å². The average Bonchev–Trinajstić information content (AvgIpc) is 3.66. The van der Waals surface area contributed by atoms with Gasteiger partial charge in [-0.25, -0.2) is 31.9 Å². The molecule has 0 radical (unpaired) electrons. The first-order valence-corrected chi connectivity index (χ1v) is 17.2. The SMILES string of the molecule is CNS(=O)(=O)c1cc(NC(=O)[C@@H]2C[C@@H](F)CN2C(=O)Cn2nc(C(C)=O)c3cc(-c4cnc(C)nc4)ccc32)c(F)c(-c2ccccc2Cl)c1. The van der Waals surface area contributed by atoms with Crippen molar-refractivity contribution in [2.24, 2.45) is 0 Å². The molecule has 0 unspecified atom stereocenters. The number of Topliss-reactive ketones (excluding diaryl/α,β-unsaturated/α-hetero) is 1. The Morgan fingerprint density at radius 1 is 1.02 bits per heavy atom. The van der Waals surface area contributed by atoms with Crippen molar-refractivity contribution in [1.82, 2.24) is 29.4 Å². The molecule has 1 fully saturated rings. The van der Waals surface area contributed by atoms with Crippen LogP contribution in [0, 0.1) is 12.7 Å². The van der Waals surface area contributed by atoms with Crippen molar-refractivity contribution in [3.63, 3.8) is 0 Å². The minimum Gasteiger partial charge on any atom is -0.326 e. The van der Waals surface area contributed by atoms with E-state index in [2.05, 4.69) is 25.1 Å². The molecule has 3 aromatic carbocycles. The highest BCUT2D eigenvalue weighted by Gasteiger charge is 2.40. The van der Waals surface area contributed by atoms with Crippen LogP contribution in [-0.2, 0) is 26.2 Å². The number of hydrogen-bond donors (Lipinski definition) is 2. The molecule has 50 heavy (non-hydrogen) atoms. The minimum absolute atomic E-state index is 0.114. The van der Waals surface area contributed by atoms with Crippen LogP contribution >= 0.6 is 11.6 Å². The number of carbonyl (C=O) groups is 3. The number of sulfonamides is 1. The number of nitrogens with zero attached hydrogens (tertiary/aromatic N) is 5. The fraction of sp³-hybridized carbons (Fsp3) is 0.235. The highest BCUT2D eigenvalue weighted by atomic mass is 35.5. The molecule has 0 aliphatic carbocycles. The lowest BCUT2D eigenvalue weighted by Crippen LogP contribution is -2.44. The van der Waals surface area contributed by atoms with E-state index in [1.54, 1.807) is 49.6 Å². The van der Waals surface area contributed by atoms with Crippen LogP contribution in [0.3, 0.4) is 0 Å². The van der Waals surface area contributed by atoms with Gasteiger partial charge in [-0.05, 0) is 49.9 Å². The molecule has 3 heterocycles. The Bertz CT molecular complexity index is 2280. The maximum absolute atomic E-state index is 16.0. The lowest BCUT2D eigenvalue weighted by atomic mass is 10.0. The van der Waals surface area contributed by atoms with E-state index in [0.29, 0.717) is 22.3 Å². The number of halogens is 3. The molecular formula is C34H30ClF2N7O5S. The average molecular weight is 722 g/mol. The summed E-state index contributed by atoms with van der Waals surface area (Å²) in [5.74, 6) is -2.34. The number of rotatable bonds is 9. The van der Waals surface area contributed by atoms with Gasteiger partial charge in [-0.1, -0.05) is 35.9 Å². The Morgan fingerprint density at radius 3 is 2.42 bits per heavy atom. The molecule has 6 rings (SSSR count). The predicted octanol–water partition coefficient (Wildman–Crippen LogP) is 4.95. The van der Waals surface area contributed by atoms with E-state index in [9.17, 15) is 27.2 Å². The molecule has 0 spiro atoms. The Balaban J connectivity index is 1.30. The number of anilines is 1. The van der Waals surface area contributed by atoms with Crippen molar-refractivity contribution >= 4 is 55.8 Å². The predicted molar refractivity (Wildman–Crippen MR) is 182 cm³/mol. The molecule has 12 nitrogen and oxygen atoms in total. The van der Waals surface area contributed by atoms with Crippen LogP contribution in [0.15, 0.2) is 71.9 Å². The molecule has 5 aromatic rings. The number of amides is 2. The van der Waals surface area contributed by atoms with Crippen LogP contribution in [-0.4, -0.2) is 76.5 Å². The second-order valence-corrected chi connectivity index (χ2v) is 14.0. The van der Waals surface area contributed by atoms with Gasteiger partial charge in [0.2, 0.25) is 21.8 Å². The molecular weight excluding hydrogens is 692 g/mol. The van der Waals surface area contributed by atoms with Gasteiger partial charge < -0.3 is 10.2 Å². The molecule has 2 N–H and O–H groups in total. The maximum Gasteiger partial charge on any atom is 0.247 e. The van der Waals surface area contributed by atoms with Gasteiger partial charge in [0.1, 0.15) is 30.3 Å². The minimum atomic E-state index is -4.12. The number of aromatic nitrogens is 4. The van der Waals surface area contributed by atoms with Crippen LogP contribution in [0.1, 0.15) is 29.7 Å². The van der Waals surface area contributed by atoms with Gasteiger partial charge in [0, 0.05) is 52.8 Å². The molecule has 258 valence electrons. The number of alkyl halides is 1. The first kappa shape index (κ1) is 34.7. The number of ketones is 1. The van der Waals surface area contributed by atoms with Gasteiger partial charge in [0.15, 0.2) is 11.6 Å². The fourth-order valence-corrected chi connectivity index (χ4v) is 6.88. The van der Waals surface area contributed by atoms with E-state index in [1.807, 2.05) is 0 Å². The Morgan fingerprint density at radius 2 is 1.74 bits per heavy atom. The zero-order valence-electron chi connectivity index (χ0n) is 26.9. The van der Waals surface area contributed by atoms with E-state index < -0.39 is 58.6 Å². The summed E-state index contributed by atoms with van der Waals surface area (Å²) in [5, 5.41) is 7.36. The van der Waals surface area contributed by atoms with E-state index in [4.69, 9.17) is 11.6 Å². The molecule has 1 aliphatic heterocycles. The summed E-state index contributed by atoms with van der Waals surface area (Å²) in [4.78, 5) is 48.9. The van der Waals surface area contributed by atoms with Crippen LogP contribution in [0.2, 0.25) is 5.02 Å². The number of hydrogen-bond acceptors (Lipinski definition) is 8. The van der Waals surface area contributed by atoms with E-state index in [0.717, 1.165) is 22.6 Å². The first-order chi connectivity index (χ1) is 23.8. The van der Waals surface area contributed by atoms with Crippen molar-refractivity contribution in [3.8, 4) is 22.3 Å². The number of carbonyl (C=O) groups excluding carboxylic acids is 3. The second kappa shape index (κ2) is 13.7. The molecule has 2 atom stereocenters. The summed E-state index contributed by atoms with van der Waals surface area (Å²) < 4.78 is 59.8. The standard InChI is InChI=1S/C34H30ClF2N7O5S/c1-18(45)33-26-10-20(21-14-39-19(2)40-15-21)8-9-29(26)44(42-33)17-31(46)43-16-22(36)11-30(43)34(47)41-28-13-23(50(48,49)38-3)12-25(32(28)37)24-6-4-5-7-27(24)35/h4-10,12-15,22,30,38H,11,16-17H2,1-3H3,(H,41,47)/t22-,30+/m1/s1. The number of aryl methyl sites for hydroxylation is 1. The van der Waals surface area contributed by atoms with Gasteiger partial charge in [-0.2, -0.15) is 5.10 Å². The summed E-state index contributed by atoms with van der Waals surface area (Å²) in [7, 11) is -2.95. The number of nitrogens with one attached hydrogen (secondary N) is 2.